The molecule has 0 aliphatic carbocycles. The van der Waals surface area contributed by atoms with Crippen molar-refractivity contribution >= 4 is 28.3 Å². The fraction of sp³-hybridized carbons (Fsp3) is 0.188. The van der Waals surface area contributed by atoms with Crippen molar-refractivity contribution in [2.45, 2.75) is 18.4 Å². The summed E-state index contributed by atoms with van der Waals surface area (Å²) in [5, 5.41) is 3.43. The second-order valence-electron chi connectivity index (χ2n) is 4.40. The molecule has 5 heteroatoms. The van der Waals surface area contributed by atoms with E-state index in [4.69, 9.17) is 11.6 Å². The summed E-state index contributed by atoms with van der Waals surface area (Å²) in [6.45, 7) is 2.17. The van der Waals surface area contributed by atoms with Gasteiger partial charge in [0.15, 0.2) is 0 Å². The van der Waals surface area contributed by atoms with E-state index in [-0.39, 0.29) is 5.91 Å². The summed E-state index contributed by atoms with van der Waals surface area (Å²) in [6.07, 6.45) is 0. The largest absolute Gasteiger partial charge is 0.348 e. The molecule has 3 nitrogen and oxygen atoms in total. The minimum absolute atomic E-state index is 0.243. The summed E-state index contributed by atoms with van der Waals surface area (Å²) in [6, 6.07) is 14.3. The van der Waals surface area contributed by atoms with Gasteiger partial charge >= 0.3 is 0 Å². The highest BCUT2D eigenvalue weighted by molar-refractivity contribution is 7.85. The van der Waals surface area contributed by atoms with Gasteiger partial charge in [-0.3, -0.25) is 9.00 Å². The maximum Gasteiger partial charge on any atom is 0.252 e. The van der Waals surface area contributed by atoms with Crippen LogP contribution < -0.4 is 5.32 Å². The highest BCUT2D eigenvalue weighted by Gasteiger charge is 2.14. The standard InChI is InChI=1S/C16H16ClNO2S/c1-2-21(20)15-10-6-4-8-13(15)16(19)18-11-12-7-3-5-9-14(12)17/h3-10H,2,11H2,1H3,(H,18,19)/t21-/m1/s1. The Labute approximate surface area is 131 Å². The molecule has 0 spiro atoms. The maximum absolute atomic E-state index is 12.3. The summed E-state index contributed by atoms with van der Waals surface area (Å²) in [7, 11) is -1.16. The van der Waals surface area contributed by atoms with E-state index in [0.717, 1.165) is 5.56 Å². The van der Waals surface area contributed by atoms with Crippen molar-refractivity contribution < 1.29 is 9.00 Å². The Hall–Kier alpha value is -1.65. The van der Waals surface area contributed by atoms with Crippen LogP contribution in [0.1, 0.15) is 22.8 Å². The third-order valence-electron chi connectivity index (χ3n) is 3.04. The lowest BCUT2D eigenvalue weighted by molar-refractivity contribution is 0.0948. The van der Waals surface area contributed by atoms with Crippen LogP contribution in [0.4, 0.5) is 0 Å². The Morgan fingerprint density at radius 3 is 2.52 bits per heavy atom. The summed E-state index contributed by atoms with van der Waals surface area (Å²) < 4.78 is 12.0. The van der Waals surface area contributed by atoms with Crippen LogP contribution in [0.15, 0.2) is 53.4 Å². The van der Waals surface area contributed by atoms with Crippen LogP contribution in [-0.4, -0.2) is 15.9 Å². The number of amides is 1. The molecule has 0 bridgehead atoms. The molecule has 0 radical (unpaired) electrons. The van der Waals surface area contributed by atoms with E-state index in [2.05, 4.69) is 5.32 Å². The first-order valence-electron chi connectivity index (χ1n) is 6.62. The lowest BCUT2D eigenvalue weighted by atomic mass is 10.2. The number of benzene rings is 2. The number of carbonyl (C=O) groups excluding carboxylic acids is 1. The molecule has 0 unspecified atom stereocenters. The van der Waals surface area contributed by atoms with E-state index in [1.807, 2.05) is 25.1 Å². The van der Waals surface area contributed by atoms with Gasteiger partial charge in [0.05, 0.1) is 21.3 Å². The highest BCUT2D eigenvalue weighted by atomic mass is 35.5. The molecule has 0 saturated heterocycles. The fourth-order valence-corrected chi connectivity index (χ4v) is 3.07. The average Bonchev–Trinajstić information content (AvgIpc) is 2.53. The third-order valence-corrected chi connectivity index (χ3v) is 4.78. The number of nitrogens with one attached hydrogen (secondary N) is 1. The minimum atomic E-state index is -1.16. The molecular formula is C16H16ClNO2S. The highest BCUT2D eigenvalue weighted by Crippen LogP contribution is 2.16. The summed E-state index contributed by atoms with van der Waals surface area (Å²) >= 11 is 6.06. The van der Waals surface area contributed by atoms with Crippen molar-refractivity contribution in [3.63, 3.8) is 0 Å². The van der Waals surface area contributed by atoms with Crippen LogP contribution in [0.2, 0.25) is 5.02 Å². The predicted octanol–water partition coefficient (Wildman–Crippen LogP) is 3.40. The van der Waals surface area contributed by atoms with Gasteiger partial charge in [0, 0.05) is 17.3 Å². The van der Waals surface area contributed by atoms with Crippen LogP contribution >= 0.6 is 11.6 Å². The number of hydrogen-bond donors (Lipinski definition) is 1. The molecule has 0 heterocycles. The molecule has 1 N–H and O–H groups in total. The van der Waals surface area contributed by atoms with Crippen molar-refractivity contribution in [3.8, 4) is 0 Å². The van der Waals surface area contributed by atoms with Crippen LogP contribution in [0.3, 0.4) is 0 Å². The molecule has 0 aliphatic heterocycles. The smallest absolute Gasteiger partial charge is 0.252 e. The number of halogens is 1. The first-order valence-corrected chi connectivity index (χ1v) is 8.32. The van der Waals surface area contributed by atoms with E-state index < -0.39 is 10.8 Å². The van der Waals surface area contributed by atoms with E-state index in [1.54, 1.807) is 30.3 Å². The second kappa shape index (κ2) is 7.38. The average molecular weight is 322 g/mol. The normalized spacial score (nSPS) is 11.9. The topological polar surface area (TPSA) is 46.2 Å². The Morgan fingerprint density at radius 1 is 1.14 bits per heavy atom. The SMILES string of the molecule is CC[S@@](=O)c1ccccc1C(=O)NCc1ccccc1Cl. The molecule has 2 rings (SSSR count). The fourth-order valence-electron chi connectivity index (χ4n) is 1.92. The monoisotopic (exact) mass is 321 g/mol. The van der Waals surface area contributed by atoms with Gasteiger partial charge in [0.1, 0.15) is 0 Å². The van der Waals surface area contributed by atoms with Gasteiger partial charge < -0.3 is 5.32 Å². The van der Waals surface area contributed by atoms with Crippen molar-refractivity contribution in [2.24, 2.45) is 0 Å². The molecule has 21 heavy (non-hydrogen) atoms. The van der Waals surface area contributed by atoms with Gasteiger partial charge in [0.2, 0.25) is 0 Å². The molecule has 0 aliphatic rings. The zero-order valence-electron chi connectivity index (χ0n) is 11.6. The summed E-state index contributed by atoms with van der Waals surface area (Å²) in [5.74, 6) is 0.238. The van der Waals surface area contributed by atoms with Crippen LogP contribution in [0.5, 0.6) is 0 Å². The molecule has 0 saturated carbocycles. The molecule has 2 aromatic rings. The Balaban J connectivity index is 2.14. The minimum Gasteiger partial charge on any atom is -0.348 e. The van der Waals surface area contributed by atoms with Crippen LogP contribution in [0.25, 0.3) is 0 Å². The molecule has 1 amide bonds. The molecular weight excluding hydrogens is 306 g/mol. The van der Waals surface area contributed by atoms with E-state index in [0.29, 0.717) is 27.8 Å². The van der Waals surface area contributed by atoms with Crippen molar-refractivity contribution in [1.29, 1.82) is 0 Å². The van der Waals surface area contributed by atoms with Crippen LogP contribution in [-0.2, 0) is 17.3 Å². The van der Waals surface area contributed by atoms with Gasteiger partial charge in [-0.1, -0.05) is 48.9 Å². The predicted molar refractivity (Wildman–Crippen MR) is 86.0 cm³/mol. The number of carbonyl (C=O) groups is 1. The Bertz CT molecular complexity index is 673. The Morgan fingerprint density at radius 2 is 1.81 bits per heavy atom. The first kappa shape index (κ1) is 15.7. The lowest BCUT2D eigenvalue weighted by Crippen LogP contribution is -2.24. The zero-order valence-corrected chi connectivity index (χ0v) is 13.2. The zero-order chi connectivity index (χ0) is 15.2. The molecule has 2 aromatic carbocycles. The lowest BCUT2D eigenvalue weighted by Gasteiger charge is -2.10. The number of hydrogen-bond acceptors (Lipinski definition) is 2. The van der Waals surface area contributed by atoms with E-state index >= 15 is 0 Å². The van der Waals surface area contributed by atoms with Crippen molar-refractivity contribution in [3.05, 3.63) is 64.7 Å². The first-order chi connectivity index (χ1) is 10.1. The third kappa shape index (κ3) is 3.93. The van der Waals surface area contributed by atoms with E-state index in [1.165, 1.54) is 0 Å². The van der Waals surface area contributed by atoms with Crippen molar-refractivity contribution in [2.75, 3.05) is 5.75 Å². The van der Waals surface area contributed by atoms with Gasteiger partial charge in [-0.25, -0.2) is 0 Å². The number of rotatable bonds is 5. The van der Waals surface area contributed by atoms with Gasteiger partial charge in [-0.05, 0) is 23.8 Å². The maximum atomic E-state index is 12.3. The molecule has 1 atom stereocenters. The summed E-state index contributed by atoms with van der Waals surface area (Å²) in [5.41, 5.74) is 1.30. The molecule has 0 fully saturated rings. The van der Waals surface area contributed by atoms with E-state index in [9.17, 15) is 9.00 Å². The summed E-state index contributed by atoms with van der Waals surface area (Å²) in [4.78, 5) is 12.8. The quantitative estimate of drug-likeness (QED) is 0.917. The second-order valence-corrected chi connectivity index (χ2v) is 6.52. The van der Waals surface area contributed by atoms with Crippen molar-refractivity contribution in [1.82, 2.24) is 5.32 Å². The molecule has 0 aromatic heterocycles. The van der Waals surface area contributed by atoms with Gasteiger partial charge in [-0.2, -0.15) is 0 Å². The van der Waals surface area contributed by atoms with Crippen LogP contribution in [0, 0.1) is 0 Å². The van der Waals surface area contributed by atoms with Gasteiger partial charge in [0.25, 0.3) is 5.91 Å². The van der Waals surface area contributed by atoms with Gasteiger partial charge in [-0.15, -0.1) is 0 Å². The molecule has 110 valence electrons. The Kier molecular flexibility index (Phi) is 5.53.